The van der Waals surface area contributed by atoms with E-state index in [2.05, 4.69) is 5.32 Å². The standard InChI is InChI=1S/C19H19NO4S/c1-22-14-8-9-15(16(12-14)23-2)20-19(21)17-18(25-11-10-24-17)13-6-4-3-5-7-13/h3-9,12H,10-11H2,1-2H3,(H,20,21). The molecular formula is C19H19NO4S. The third-order valence-corrected chi connectivity index (χ3v) is 4.76. The van der Waals surface area contributed by atoms with Gasteiger partial charge in [0.2, 0.25) is 0 Å². The fraction of sp³-hybridized carbons (Fsp3) is 0.211. The maximum absolute atomic E-state index is 12.8. The molecule has 5 nitrogen and oxygen atoms in total. The summed E-state index contributed by atoms with van der Waals surface area (Å²) in [5.41, 5.74) is 1.53. The number of carbonyl (C=O) groups excluding carboxylic acids is 1. The van der Waals surface area contributed by atoms with Crippen LogP contribution in [0.1, 0.15) is 5.56 Å². The Morgan fingerprint density at radius 3 is 2.64 bits per heavy atom. The van der Waals surface area contributed by atoms with Crippen molar-refractivity contribution in [3.63, 3.8) is 0 Å². The van der Waals surface area contributed by atoms with Crippen LogP contribution in [0.15, 0.2) is 54.3 Å². The Labute approximate surface area is 151 Å². The summed E-state index contributed by atoms with van der Waals surface area (Å²) in [5, 5.41) is 2.87. The zero-order chi connectivity index (χ0) is 17.6. The van der Waals surface area contributed by atoms with E-state index in [9.17, 15) is 4.79 Å². The molecule has 1 amide bonds. The first-order chi connectivity index (χ1) is 12.2. The van der Waals surface area contributed by atoms with Crippen LogP contribution in [-0.4, -0.2) is 32.5 Å². The van der Waals surface area contributed by atoms with Crippen LogP contribution >= 0.6 is 11.8 Å². The van der Waals surface area contributed by atoms with Gasteiger partial charge in [-0.3, -0.25) is 4.79 Å². The van der Waals surface area contributed by atoms with Gasteiger partial charge in [-0.2, -0.15) is 0 Å². The number of benzene rings is 2. The molecule has 0 atom stereocenters. The van der Waals surface area contributed by atoms with Crippen molar-refractivity contribution < 1.29 is 19.0 Å². The molecule has 0 aliphatic carbocycles. The van der Waals surface area contributed by atoms with Gasteiger partial charge in [0.05, 0.1) is 31.4 Å². The molecule has 0 saturated heterocycles. The van der Waals surface area contributed by atoms with Crippen LogP contribution in [-0.2, 0) is 9.53 Å². The van der Waals surface area contributed by atoms with E-state index >= 15 is 0 Å². The van der Waals surface area contributed by atoms with Crippen LogP contribution in [0.5, 0.6) is 11.5 Å². The molecule has 2 aromatic carbocycles. The SMILES string of the molecule is COc1ccc(NC(=O)C2=C(c3ccccc3)SCCO2)c(OC)c1. The number of hydrogen-bond donors (Lipinski definition) is 1. The number of anilines is 1. The zero-order valence-corrected chi connectivity index (χ0v) is 14.9. The molecular weight excluding hydrogens is 338 g/mol. The van der Waals surface area contributed by atoms with Gasteiger partial charge in [0, 0.05) is 11.8 Å². The van der Waals surface area contributed by atoms with Crippen LogP contribution in [0.4, 0.5) is 5.69 Å². The maximum Gasteiger partial charge on any atom is 0.292 e. The first-order valence-electron chi connectivity index (χ1n) is 7.81. The van der Waals surface area contributed by atoms with Crippen molar-refractivity contribution in [3.05, 3.63) is 59.9 Å². The van der Waals surface area contributed by atoms with Crippen molar-refractivity contribution in [2.24, 2.45) is 0 Å². The quantitative estimate of drug-likeness (QED) is 0.883. The average Bonchev–Trinajstić information content (AvgIpc) is 2.69. The molecule has 0 radical (unpaired) electrons. The highest BCUT2D eigenvalue weighted by Gasteiger charge is 2.23. The predicted octanol–water partition coefficient (Wildman–Crippen LogP) is 3.77. The van der Waals surface area contributed by atoms with Gasteiger partial charge in [0.1, 0.15) is 11.5 Å². The second kappa shape index (κ2) is 7.98. The number of hydrogen-bond acceptors (Lipinski definition) is 5. The van der Waals surface area contributed by atoms with Crippen LogP contribution in [0.25, 0.3) is 4.91 Å². The highest BCUT2D eigenvalue weighted by molar-refractivity contribution is 8.08. The molecule has 0 fully saturated rings. The minimum absolute atomic E-state index is 0.297. The summed E-state index contributed by atoms with van der Waals surface area (Å²) in [6.45, 7) is 0.503. The summed E-state index contributed by atoms with van der Waals surface area (Å²) in [7, 11) is 3.13. The highest BCUT2D eigenvalue weighted by atomic mass is 32.2. The Kier molecular flexibility index (Phi) is 5.50. The van der Waals surface area contributed by atoms with Crippen LogP contribution in [0, 0.1) is 0 Å². The topological polar surface area (TPSA) is 56.8 Å². The number of carbonyl (C=O) groups is 1. The number of amides is 1. The molecule has 0 unspecified atom stereocenters. The number of nitrogens with one attached hydrogen (secondary N) is 1. The lowest BCUT2D eigenvalue weighted by molar-refractivity contribution is -0.115. The van der Waals surface area contributed by atoms with E-state index in [0.29, 0.717) is 29.6 Å². The van der Waals surface area contributed by atoms with Crippen LogP contribution in [0.2, 0.25) is 0 Å². The second-order valence-electron chi connectivity index (χ2n) is 5.24. The monoisotopic (exact) mass is 357 g/mol. The molecule has 25 heavy (non-hydrogen) atoms. The van der Waals surface area contributed by atoms with Gasteiger partial charge in [-0.05, 0) is 17.7 Å². The lowest BCUT2D eigenvalue weighted by Crippen LogP contribution is -2.21. The van der Waals surface area contributed by atoms with Crippen molar-refractivity contribution >= 4 is 28.3 Å². The number of thioether (sulfide) groups is 1. The summed E-state index contributed by atoms with van der Waals surface area (Å²) in [5.74, 6) is 2.03. The molecule has 1 heterocycles. The van der Waals surface area contributed by atoms with E-state index in [4.69, 9.17) is 14.2 Å². The molecule has 3 rings (SSSR count). The average molecular weight is 357 g/mol. The fourth-order valence-electron chi connectivity index (χ4n) is 2.47. The van der Waals surface area contributed by atoms with E-state index < -0.39 is 0 Å². The van der Waals surface area contributed by atoms with Crippen molar-refractivity contribution in [3.8, 4) is 11.5 Å². The number of methoxy groups -OCH3 is 2. The molecule has 2 aromatic rings. The third kappa shape index (κ3) is 3.91. The van der Waals surface area contributed by atoms with E-state index in [1.165, 1.54) is 0 Å². The fourth-order valence-corrected chi connectivity index (χ4v) is 3.43. The Bertz CT molecular complexity index is 789. The summed E-state index contributed by atoms with van der Waals surface area (Å²) in [6.07, 6.45) is 0. The Hall–Kier alpha value is -2.60. The first-order valence-corrected chi connectivity index (χ1v) is 8.80. The van der Waals surface area contributed by atoms with E-state index in [1.54, 1.807) is 44.2 Å². The molecule has 1 aliphatic heterocycles. The molecule has 130 valence electrons. The summed E-state index contributed by atoms with van der Waals surface area (Å²) >= 11 is 1.62. The van der Waals surface area contributed by atoms with E-state index in [-0.39, 0.29) is 5.91 Å². The van der Waals surface area contributed by atoms with Gasteiger partial charge in [-0.1, -0.05) is 30.3 Å². The Morgan fingerprint density at radius 2 is 1.92 bits per heavy atom. The lowest BCUT2D eigenvalue weighted by Gasteiger charge is -2.21. The van der Waals surface area contributed by atoms with Gasteiger partial charge < -0.3 is 19.5 Å². The molecule has 0 bridgehead atoms. The van der Waals surface area contributed by atoms with E-state index in [1.807, 2.05) is 30.3 Å². The van der Waals surface area contributed by atoms with E-state index in [0.717, 1.165) is 16.2 Å². The van der Waals surface area contributed by atoms with Crippen molar-refractivity contribution in [2.45, 2.75) is 0 Å². The van der Waals surface area contributed by atoms with Gasteiger partial charge in [0.15, 0.2) is 5.76 Å². The van der Waals surface area contributed by atoms with Crippen molar-refractivity contribution in [1.29, 1.82) is 0 Å². The second-order valence-corrected chi connectivity index (χ2v) is 6.35. The number of ether oxygens (including phenoxy) is 3. The van der Waals surface area contributed by atoms with Crippen molar-refractivity contribution in [1.82, 2.24) is 0 Å². The molecule has 6 heteroatoms. The molecule has 0 spiro atoms. The molecule has 1 N–H and O–H groups in total. The Morgan fingerprint density at radius 1 is 1.12 bits per heavy atom. The van der Waals surface area contributed by atoms with Gasteiger partial charge in [0.25, 0.3) is 5.91 Å². The van der Waals surface area contributed by atoms with Crippen LogP contribution in [0.3, 0.4) is 0 Å². The van der Waals surface area contributed by atoms with Crippen LogP contribution < -0.4 is 14.8 Å². The first kappa shape index (κ1) is 17.2. The largest absolute Gasteiger partial charge is 0.497 e. The summed E-state index contributed by atoms with van der Waals surface area (Å²) in [6, 6.07) is 15.0. The smallest absolute Gasteiger partial charge is 0.292 e. The predicted molar refractivity (Wildman–Crippen MR) is 99.9 cm³/mol. The Balaban J connectivity index is 1.90. The highest BCUT2D eigenvalue weighted by Crippen LogP contribution is 2.36. The van der Waals surface area contributed by atoms with Crippen molar-refractivity contribution in [2.75, 3.05) is 31.9 Å². The normalized spacial score (nSPS) is 13.8. The summed E-state index contributed by atoms with van der Waals surface area (Å²) in [4.78, 5) is 13.6. The van der Waals surface area contributed by atoms with Gasteiger partial charge in [-0.15, -0.1) is 11.8 Å². The maximum atomic E-state index is 12.8. The molecule has 1 aliphatic rings. The van der Waals surface area contributed by atoms with Gasteiger partial charge >= 0.3 is 0 Å². The summed E-state index contributed by atoms with van der Waals surface area (Å²) < 4.78 is 16.2. The molecule has 0 saturated carbocycles. The zero-order valence-electron chi connectivity index (χ0n) is 14.1. The van der Waals surface area contributed by atoms with Gasteiger partial charge in [-0.25, -0.2) is 0 Å². The lowest BCUT2D eigenvalue weighted by atomic mass is 10.2. The minimum Gasteiger partial charge on any atom is -0.497 e. The third-order valence-electron chi connectivity index (χ3n) is 3.68. The minimum atomic E-state index is -0.297. The number of rotatable bonds is 5. The molecule has 0 aromatic heterocycles.